The van der Waals surface area contributed by atoms with Crippen LogP contribution in [0.3, 0.4) is 0 Å². The molecule has 1 aliphatic rings. The van der Waals surface area contributed by atoms with Gasteiger partial charge >= 0.3 is 0 Å². The number of H-pyrrole nitrogens is 1. The van der Waals surface area contributed by atoms with E-state index < -0.39 is 0 Å². The van der Waals surface area contributed by atoms with Crippen LogP contribution in [0.1, 0.15) is 27.7 Å². The van der Waals surface area contributed by atoms with Crippen LogP contribution in [-0.4, -0.2) is 33.2 Å². The van der Waals surface area contributed by atoms with Gasteiger partial charge < -0.3 is 15.2 Å². The summed E-state index contributed by atoms with van der Waals surface area (Å²) >= 11 is 3.18. The summed E-state index contributed by atoms with van der Waals surface area (Å²) in [5.41, 5.74) is 4.67. The molecule has 164 valence electrons. The van der Waals surface area contributed by atoms with E-state index in [1.54, 1.807) is 35.8 Å². The van der Waals surface area contributed by atoms with Crippen LogP contribution in [0.5, 0.6) is 0 Å². The largest absolute Gasteiger partial charge is 0.360 e. The van der Waals surface area contributed by atoms with Crippen molar-refractivity contribution in [3.63, 3.8) is 0 Å². The molecule has 0 unspecified atom stereocenters. The number of aromatic amines is 1. The predicted molar refractivity (Wildman–Crippen MR) is 134 cm³/mol. The molecule has 0 saturated carbocycles. The van der Waals surface area contributed by atoms with E-state index in [0.29, 0.717) is 18.7 Å². The number of hydrogen-bond donors (Lipinski definition) is 2. The van der Waals surface area contributed by atoms with Crippen LogP contribution >= 0.6 is 22.7 Å². The van der Waals surface area contributed by atoms with E-state index in [-0.39, 0.29) is 11.8 Å². The number of carbonyl (C=O) groups excluding carboxylic acids is 2. The molecule has 1 aliphatic heterocycles. The predicted octanol–water partition coefficient (Wildman–Crippen LogP) is 5.66. The molecule has 3 aromatic heterocycles. The Labute approximate surface area is 197 Å². The Balaban J connectivity index is 1.45. The second kappa shape index (κ2) is 7.83. The van der Waals surface area contributed by atoms with E-state index in [1.165, 1.54) is 5.56 Å². The summed E-state index contributed by atoms with van der Waals surface area (Å²) in [6.45, 7) is 2.84. The Kier molecular flexibility index (Phi) is 4.78. The molecule has 0 aliphatic carbocycles. The van der Waals surface area contributed by atoms with Crippen molar-refractivity contribution in [2.24, 2.45) is 0 Å². The lowest BCUT2D eigenvalue weighted by atomic mass is 10.0. The van der Waals surface area contributed by atoms with Crippen LogP contribution in [0.25, 0.3) is 31.7 Å². The maximum absolute atomic E-state index is 13.3. The molecule has 0 atom stereocenters. The average molecular weight is 473 g/mol. The maximum Gasteiger partial charge on any atom is 0.258 e. The number of aromatic nitrogens is 2. The molecule has 8 heteroatoms. The molecule has 6 nitrogen and oxygen atoms in total. The van der Waals surface area contributed by atoms with Gasteiger partial charge in [0.1, 0.15) is 10.0 Å². The highest BCUT2D eigenvalue weighted by Gasteiger charge is 2.29. The fourth-order valence-corrected chi connectivity index (χ4v) is 6.76. The number of carbonyl (C=O) groups is 2. The van der Waals surface area contributed by atoms with Gasteiger partial charge in [0, 0.05) is 41.0 Å². The van der Waals surface area contributed by atoms with Crippen LogP contribution in [0.4, 0.5) is 5.00 Å². The number of anilines is 1. The highest BCUT2D eigenvalue weighted by atomic mass is 32.1. The molecule has 0 saturated heterocycles. The topological polar surface area (TPSA) is 78.1 Å². The lowest BCUT2D eigenvalue weighted by Crippen LogP contribution is -2.33. The van der Waals surface area contributed by atoms with Crippen LogP contribution in [0.2, 0.25) is 0 Å². The zero-order valence-corrected chi connectivity index (χ0v) is 19.5. The van der Waals surface area contributed by atoms with E-state index in [9.17, 15) is 9.59 Å². The lowest BCUT2D eigenvalue weighted by molar-refractivity contribution is -0.129. The standard InChI is InChI=1S/C25H20N4O2S2/c1-14(30)29-11-10-16-21(13-29)33-25(22(16)24-27-19-8-4-5-9-20(19)32-24)28-23(31)17-12-26-18-7-3-2-6-15(17)18/h2-9,12,26H,10-11,13H2,1H3,(H,28,31). The van der Waals surface area contributed by atoms with Crippen molar-refractivity contribution >= 4 is 60.6 Å². The fourth-order valence-electron chi connectivity index (χ4n) is 4.40. The van der Waals surface area contributed by atoms with E-state index in [0.717, 1.165) is 48.0 Å². The minimum absolute atomic E-state index is 0.0694. The summed E-state index contributed by atoms with van der Waals surface area (Å²) in [4.78, 5) is 36.3. The Bertz CT molecular complexity index is 1510. The molecule has 0 spiro atoms. The summed E-state index contributed by atoms with van der Waals surface area (Å²) in [5, 5.41) is 5.75. The molecule has 5 aromatic rings. The quantitative estimate of drug-likeness (QED) is 0.355. The molecule has 2 amide bonds. The number of thiazole rings is 1. The van der Waals surface area contributed by atoms with Gasteiger partial charge in [0.05, 0.1) is 22.3 Å². The van der Waals surface area contributed by atoms with Gasteiger partial charge in [-0.3, -0.25) is 9.59 Å². The number of amides is 2. The van der Waals surface area contributed by atoms with Crippen molar-refractivity contribution in [1.29, 1.82) is 0 Å². The maximum atomic E-state index is 13.3. The van der Waals surface area contributed by atoms with E-state index in [4.69, 9.17) is 4.98 Å². The number of thiophene rings is 1. The fraction of sp³-hybridized carbons (Fsp3) is 0.160. The number of nitrogens with zero attached hydrogens (tertiary/aromatic N) is 2. The highest BCUT2D eigenvalue weighted by molar-refractivity contribution is 7.23. The molecule has 0 fully saturated rings. The SMILES string of the molecule is CC(=O)N1CCc2c(sc(NC(=O)c3c[nH]c4ccccc34)c2-c2nc3ccccc3s2)C1. The van der Waals surface area contributed by atoms with Gasteiger partial charge in [0.15, 0.2) is 0 Å². The number of hydrogen-bond acceptors (Lipinski definition) is 5. The zero-order valence-electron chi connectivity index (χ0n) is 17.8. The smallest absolute Gasteiger partial charge is 0.258 e. The van der Waals surface area contributed by atoms with Crippen LogP contribution < -0.4 is 5.32 Å². The van der Waals surface area contributed by atoms with Crippen molar-refractivity contribution in [1.82, 2.24) is 14.9 Å². The highest BCUT2D eigenvalue weighted by Crippen LogP contribution is 2.46. The lowest BCUT2D eigenvalue weighted by Gasteiger charge is -2.26. The number of para-hydroxylation sites is 2. The van der Waals surface area contributed by atoms with Gasteiger partial charge in [-0.15, -0.1) is 22.7 Å². The van der Waals surface area contributed by atoms with Gasteiger partial charge in [-0.05, 0) is 30.2 Å². The van der Waals surface area contributed by atoms with Gasteiger partial charge in [-0.25, -0.2) is 4.98 Å². The minimum atomic E-state index is -0.156. The third kappa shape index (κ3) is 3.42. The first-order valence-corrected chi connectivity index (χ1v) is 12.4. The second-order valence-electron chi connectivity index (χ2n) is 8.09. The monoisotopic (exact) mass is 472 g/mol. The van der Waals surface area contributed by atoms with Crippen molar-refractivity contribution in [3.05, 3.63) is 70.7 Å². The first-order chi connectivity index (χ1) is 16.1. The van der Waals surface area contributed by atoms with Gasteiger partial charge in [-0.1, -0.05) is 30.3 Å². The van der Waals surface area contributed by atoms with Crippen molar-refractivity contribution in [3.8, 4) is 10.6 Å². The normalized spacial score (nSPS) is 13.4. The van der Waals surface area contributed by atoms with Gasteiger partial charge in [0.2, 0.25) is 5.91 Å². The van der Waals surface area contributed by atoms with Crippen LogP contribution in [0, 0.1) is 0 Å². The minimum Gasteiger partial charge on any atom is -0.360 e. The summed E-state index contributed by atoms with van der Waals surface area (Å²) < 4.78 is 1.11. The Morgan fingerprint density at radius 3 is 2.76 bits per heavy atom. The summed E-state index contributed by atoms with van der Waals surface area (Å²) in [7, 11) is 0. The third-order valence-corrected chi connectivity index (χ3v) is 8.26. The van der Waals surface area contributed by atoms with Gasteiger partial charge in [0.25, 0.3) is 5.91 Å². The summed E-state index contributed by atoms with van der Waals surface area (Å²) in [6, 6.07) is 15.8. The number of fused-ring (bicyclic) bond motifs is 3. The molecule has 0 radical (unpaired) electrons. The van der Waals surface area contributed by atoms with Crippen molar-refractivity contribution in [2.45, 2.75) is 19.9 Å². The second-order valence-corrected chi connectivity index (χ2v) is 10.2. The van der Waals surface area contributed by atoms with Crippen LogP contribution in [-0.2, 0) is 17.8 Å². The summed E-state index contributed by atoms with van der Waals surface area (Å²) in [5.74, 6) is -0.0863. The van der Waals surface area contributed by atoms with Crippen LogP contribution in [0.15, 0.2) is 54.7 Å². The molecule has 4 heterocycles. The molecule has 33 heavy (non-hydrogen) atoms. The van der Waals surface area contributed by atoms with Gasteiger partial charge in [-0.2, -0.15) is 0 Å². The number of nitrogens with one attached hydrogen (secondary N) is 2. The third-order valence-electron chi connectivity index (χ3n) is 6.07. The summed E-state index contributed by atoms with van der Waals surface area (Å²) in [6.07, 6.45) is 2.50. The zero-order chi connectivity index (χ0) is 22.5. The van der Waals surface area contributed by atoms with Crippen molar-refractivity contribution in [2.75, 3.05) is 11.9 Å². The van der Waals surface area contributed by atoms with E-state index in [1.807, 2.05) is 47.4 Å². The molecule has 0 bridgehead atoms. The molecule has 6 rings (SSSR count). The van der Waals surface area contributed by atoms with E-state index in [2.05, 4.69) is 16.4 Å². The Hall–Kier alpha value is -3.49. The molecular weight excluding hydrogens is 452 g/mol. The molecule has 2 aromatic carbocycles. The Morgan fingerprint density at radius 1 is 1.09 bits per heavy atom. The average Bonchev–Trinajstić information content (AvgIpc) is 3.52. The first-order valence-electron chi connectivity index (χ1n) is 10.7. The van der Waals surface area contributed by atoms with E-state index >= 15 is 0 Å². The number of rotatable bonds is 3. The molecular formula is C25H20N4O2S2. The number of benzene rings is 2. The van der Waals surface area contributed by atoms with Crippen molar-refractivity contribution < 1.29 is 9.59 Å². The molecule has 2 N–H and O–H groups in total. The first kappa shape index (κ1) is 20.1. The Morgan fingerprint density at radius 2 is 1.91 bits per heavy atom.